The molecule has 1 fully saturated rings. The van der Waals surface area contributed by atoms with Crippen LogP contribution in [-0.2, 0) is 16.5 Å². The van der Waals surface area contributed by atoms with Crippen LogP contribution in [0.15, 0.2) is 30.3 Å². The van der Waals surface area contributed by atoms with Crippen molar-refractivity contribution in [3.63, 3.8) is 0 Å². The summed E-state index contributed by atoms with van der Waals surface area (Å²) >= 11 is 0. The Labute approximate surface area is 149 Å². The number of methoxy groups -OCH3 is 1. The molecule has 0 amide bonds. The Kier molecular flexibility index (Phi) is 5.88. The molecule has 1 saturated heterocycles. The van der Waals surface area contributed by atoms with Crippen LogP contribution in [0.25, 0.3) is 0 Å². The summed E-state index contributed by atoms with van der Waals surface area (Å²) in [6.45, 7) is 6.95. The van der Waals surface area contributed by atoms with Crippen LogP contribution in [0.4, 0.5) is 11.6 Å². The van der Waals surface area contributed by atoms with Crippen molar-refractivity contribution in [2.24, 2.45) is 7.05 Å². The van der Waals surface area contributed by atoms with E-state index in [9.17, 15) is 0 Å². The van der Waals surface area contributed by atoms with Gasteiger partial charge in [-0.15, -0.1) is 10.2 Å². The number of anilines is 2. The second-order valence-corrected chi connectivity index (χ2v) is 6.23. The lowest BCUT2D eigenvalue weighted by Crippen LogP contribution is -2.47. The molecule has 2 aromatic rings. The van der Waals surface area contributed by atoms with Crippen molar-refractivity contribution in [1.82, 2.24) is 14.8 Å². The van der Waals surface area contributed by atoms with Gasteiger partial charge in [-0.25, -0.2) is 0 Å². The first-order chi connectivity index (χ1) is 12.2. The molecule has 0 unspecified atom stereocenters. The second kappa shape index (κ2) is 8.31. The standard InChI is InChI=1S/C18H27N5O2/c1-15(25-14-13-24-3)17-19-20-18(21(17)2)23-11-9-22(10-12-23)16-7-5-4-6-8-16/h4-8,15H,9-14H2,1-3H3/t15-/m1/s1. The van der Waals surface area contributed by atoms with Gasteiger partial charge < -0.3 is 19.3 Å². The molecule has 7 heteroatoms. The minimum atomic E-state index is -0.105. The third-order valence-electron chi connectivity index (χ3n) is 4.59. The molecule has 3 rings (SSSR count). The number of hydrogen-bond donors (Lipinski definition) is 0. The third-order valence-corrected chi connectivity index (χ3v) is 4.59. The van der Waals surface area contributed by atoms with Gasteiger partial charge in [-0.3, -0.25) is 4.57 Å². The number of ether oxygens (including phenoxy) is 2. The summed E-state index contributed by atoms with van der Waals surface area (Å²) < 4.78 is 12.8. The highest BCUT2D eigenvalue weighted by Gasteiger charge is 2.23. The molecule has 0 bridgehead atoms. The molecule has 0 aliphatic carbocycles. The summed E-state index contributed by atoms with van der Waals surface area (Å²) in [5.41, 5.74) is 1.28. The summed E-state index contributed by atoms with van der Waals surface area (Å²) in [5, 5.41) is 8.73. The minimum absolute atomic E-state index is 0.105. The molecule has 0 radical (unpaired) electrons. The first kappa shape index (κ1) is 17.7. The molecule has 2 heterocycles. The lowest BCUT2D eigenvalue weighted by atomic mass is 10.2. The minimum Gasteiger partial charge on any atom is -0.382 e. The van der Waals surface area contributed by atoms with Gasteiger partial charge in [0, 0.05) is 46.0 Å². The number of hydrogen-bond acceptors (Lipinski definition) is 6. The van der Waals surface area contributed by atoms with Crippen molar-refractivity contribution in [3.05, 3.63) is 36.2 Å². The van der Waals surface area contributed by atoms with E-state index in [2.05, 4.69) is 50.3 Å². The maximum atomic E-state index is 5.75. The Morgan fingerprint density at radius 2 is 1.68 bits per heavy atom. The highest BCUT2D eigenvalue weighted by Crippen LogP contribution is 2.22. The zero-order chi connectivity index (χ0) is 17.6. The summed E-state index contributed by atoms with van der Waals surface area (Å²) in [6, 6.07) is 10.5. The van der Waals surface area contributed by atoms with E-state index in [4.69, 9.17) is 9.47 Å². The van der Waals surface area contributed by atoms with Crippen LogP contribution in [0, 0.1) is 0 Å². The monoisotopic (exact) mass is 345 g/mol. The van der Waals surface area contributed by atoms with Crippen LogP contribution in [0.1, 0.15) is 18.9 Å². The van der Waals surface area contributed by atoms with Gasteiger partial charge in [0.15, 0.2) is 5.82 Å². The van der Waals surface area contributed by atoms with Crippen molar-refractivity contribution in [2.45, 2.75) is 13.0 Å². The summed E-state index contributed by atoms with van der Waals surface area (Å²) in [5.74, 6) is 1.75. The molecule has 25 heavy (non-hydrogen) atoms. The SMILES string of the molecule is COCCO[C@H](C)c1nnc(N2CCN(c3ccccc3)CC2)n1C. The molecule has 7 nitrogen and oxygen atoms in total. The fourth-order valence-electron chi connectivity index (χ4n) is 3.15. The lowest BCUT2D eigenvalue weighted by Gasteiger charge is -2.36. The van der Waals surface area contributed by atoms with Crippen molar-refractivity contribution in [1.29, 1.82) is 0 Å². The molecular weight excluding hydrogens is 318 g/mol. The van der Waals surface area contributed by atoms with E-state index >= 15 is 0 Å². The van der Waals surface area contributed by atoms with E-state index in [-0.39, 0.29) is 6.10 Å². The van der Waals surface area contributed by atoms with Gasteiger partial charge in [-0.05, 0) is 19.1 Å². The zero-order valence-electron chi connectivity index (χ0n) is 15.3. The van der Waals surface area contributed by atoms with Crippen LogP contribution < -0.4 is 9.80 Å². The maximum absolute atomic E-state index is 5.75. The fraction of sp³-hybridized carbons (Fsp3) is 0.556. The van der Waals surface area contributed by atoms with Gasteiger partial charge in [0.2, 0.25) is 5.95 Å². The summed E-state index contributed by atoms with van der Waals surface area (Å²) in [4.78, 5) is 4.70. The average molecular weight is 345 g/mol. The van der Waals surface area contributed by atoms with Crippen molar-refractivity contribution in [3.8, 4) is 0 Å². The first-order valence-electron chi connectivity index (χ1n) is 8.75. The molecule has 1 aliphatic heterocycles. The molecular formula is C18H27N5O2. The zero-order valence-corrected chi connectivity index (χ0v) is 15.3. The van der Waals surface area contributed by atoms with E-state index in [1.165, 1.54) is 5.69 Å². The highest BCUT2D eigenvalue weighted by atomic mass is 16.5. The quantitative estimate of drug-likeness (QED) is 0.714. The van der Waals surface area contributed by atoms with Crippen LogP contribution in [0.2, 0.25) is 0 Å². The number of aromatic nitrogens is 3. The van der Waals surface area contributed by atoms with Crippen LogP contribution in [0.3, 0.4) is 0 Å². The van der Waals surface area contributed by atoms with Gasteiger partial charge in [0.1, 0.15) is 6.10 Å². The van der Waals surface area contributed by atoms with Gasteiger partial charge in [-0.2, -0.15) is 0 Å². The van der Waals surface area contributed by atoms with E-state index in [1.807, 2.05) is 18.5 Å². The molecule has 1 aliphatic rings. The van der Waals surface area contributed by atoms with Gasteiger partial charge in [-0.1, -0.05) is 18.2 Å². The third kappa shape index (κ3) is 4.11. The van der Waals surface area contributed by atoms with Crippen molar-refractivity contribution in [2.75, 3.05) is 56.3 Å². The van der Waals surface area contributed by atoms with Crippen LogP contribution in [-0.4, -0.2) is 61.3 Å². The van der Waals surface area contributed by atoms with Gasteiger partial charge in [0.25, 0.3) is 0 Å². The lowest BCUT2D eigenvalue weighted by molar-refractivity contribution is 0.0201. The van der Waals surface area contributed by atoms with E-state index < -0.39 is 0 Å². The van der Waals surface area contributed by atoms with Crippen LogP contribution in [0.5, 0.6) is 0 Å². The number of rotatable bonds is 7. The summed E-state index contributed by atoms with van der Waals surface area (Å²) in [7, 11) is 3.67. The number of piperazine rings is 1. The predicted octanol–water partition coefficient (Wildman–Crippen LogP) is 1.87. The van der Waals surface area contributed by atoms with Crippen LogP contribution >= 0.6 is 0 Å². The molecule has 0 N–H and O–H groups in total. The van der Waals surface area contributed by atoms with E-state index in [0.717, 1.165) is 38.0 Å². The number of benzene rings is 1. The average Bonchev–Trinajstić information content (AvgIpc) is 3.04. The molecule has 136 valence electrons. The van der Waals surface area contributed by atoms with Crippen molar-refractivity contribution < 1.29 is 9.47 Å². The fourth-order valence-corrected chi connectivity index (χ4v) is 3.15. The Balaban J connectivity index is 1.60. The largest absolute Gasteiger partial charge is 0.382 e. The Bertz CT molecular complexity index is 653. The Morgan fingerprint density at radius 1 is 1.00 bits per heavy atom. The second-order valence-electron chi connectivity index (χ2n) is 6.23. The number of nitrogens with zero attached hydrogens (tertiary/aromatic N) is 5. The number of para-hydroxylation sites is 1. The molecule has 0 spiro atoms. The molecule has 1 aromatic carbocycles. The highest BCUT2D eigenvalue weighted by molar-refractivity contribution is 5.48. The Hall–Kier alpha value is -2.12. The molecule has 1 aromatic heterocycles. The maximum Gasteiger partial charge on any atom is 0.227 e. The van der Waals surface area contributed by atoms with E-state index in [1.54, 1.807) is 7.11 Å². The van der Waals surface area contributed by atoms with Gasteiger partial charge in [0.05, 0.1) is 13.2 Å². The molecule has 0 saturated carbocycles. The Morgan fingerprint density at radius 3 is 2.36 bits per heavy atom. The topological polar surface area (TPSA) is 55.7 Å². The first-order valence-corrected chi connectivity index (χ1v) is 8.75. The predicted molar refractivity (Wildman–Crippen MR) is 98.1 cm³/mol. The summed E-state index contributed by atoms with van der Waals surface area (Å²) in [6.07, 6.45) is -0.105. The van der Waals surface area contributed by atoms with E-state index in [0.29, 0.717) is 13.2 Å². The smallest absolute Gasteiger partial charge is 0.227 e. The molecule has 1 atom stereocenters. The van der Waals surface area contributed by atoms with Crippen molar-refractivity contribution >= 4 is 11.6 Å². The van der Waals surface area contributed by atoms with Gasteiger partial charge >= 0.3 is 0 Å². The normalized spacial score (nSPS) is 16.3.